The summed E-state index contributed by atoms with van der Waals surface area (Å²) in [5, 5.41) is 9.27. The Morgan fingerprint density at radius 2 is 2.30 bits per heavy atom. The lowest BCUT2D eigenvalue weighted by molar-refractivity contribution is -0.131. The molecule has 0 unspecified atom stereocenters. The number of hydrogen-bond acceptors (Lipinski definition) is 2. The minimum Gasteiger partial charge on any atom is -0.380 e. The van der Waals surface area contributed by atoms with Gasteiger partial charge < -0.3 is 10.8 Å². The number of amides is 1. The Balaban J connectivity index is 2.40. The van der Waals surface area contributed by atoms with Crippen molar-refractivity contribution in [3.05, 3.63) is 6.42 Å². The van der Waals surface area contributed by atoms with E-state index in [9.17, 15) is 9.90 Å². The van der Waals surface area contributed by atoms with Gasteiger partial charge in [0.25, 0.3) is 0 Å². The molecule has 0 aliphatic heterocycles. The second-order valence-electron chi connectivity index (χ2n) is 3.02. The maximum Gasteiger partial charge on any atom is 0.249 e. The summed E-state index contributed by atoms with van der Waals surface area (Å²) in [6.45, 7) is 1.42. The molecule has 3 N–H and O–H groups in total. The first-order valence-corrected chi connectivity index (χ1v) is 3.40. The Morgan fingerprint density at radius 3 is 2.60 bits per heavy atom. The van der Waals surface area contributed by atoms with Crippen molar-refractivity contribution in [1.29, 1.82) is 0 Å². The van der Waals surface area contributed by atoms with E-state index in [1.807, 2.05) is 0 Å². The maximum absolute atomic E-state index is 10.5. The molecule has 1 amide bonds. The van der Waals surface area contributed by atoms with Crippen LogP contribution in [0.5, 0.6) is 0 Å². The van der Waals surface area contributed by atoms with Gasteiger partial charge in [-0.3, -0.25) is 4.79 Å². The molecule has 0 spiro atoms. The fourth-order valence-corrected chi connectivity index (χ4v) is 0.804. The normalized spacial score (nSPS) is 23.8. The number of nitrogens with two attached hydrogens (primary N) is 1. The van der Waals surface area contributed by atoms with Gasteiger partial charge in [0.2, 0.25) is 5.91 Å². The Bertz CT molecular complexity index is 150. The Hall–Kier alpha value is -0.570. The number of primary amides is 1. The third kappa shape index (κ3) is 1.70. The van der Waals surface area contributed by atoms with E-state index in [2.05, 4.69) is 0 Å². The van der Waals surface area contributed by atoms with Gasteiger partial charge in [-0.25, -0.2) is 0 Å². The van der Waals surface area contributed by atoms with Crippen LogP contribution in [-0.2, 0) is 4.79 Å². The Morgan fingerprint density at radius 1 is 1.80 bits per heavy atom. The van der Waals surface area contributed by atoms with Crippen LogP contribution in [0.3, 0.4) is 0 Å². The van der Waals surface area contributed by atoms with Crippen molar-refractivity contribution in [2.75, 3.05) is 0 Å². The van der Waals surface area contributed by atoms with Crippen LogP contribution >= 0.6 is 0 Å². The highest BCUT2D eigenvalue weighted by atomic mass is 16.3. The van der Waals surface area contributed by atoms with E-state index < -0.39 is 11.5 Å². The van der Waals surface area contributed by atoms with E-state index in [-0.39, 0.29) is 0 Å². The highest BCUT2D eigenvalue weighted by Gasteiger charge is 2.35. The number of carbonyl (C=O) groups is 1. The van der Waals surface area contributed by atoms with Crippen LogP contribution in [0.1, 0.15) is 19.8 Å². The van der Waals surface area contributed by atoms with Crippen LogP contribution in [0.25, 0.3) is 0 Å². The van der Waals surface area contributed by atoms with Crippen LogP contribution < -0.4 is 5.73 Å². The number of aliphatic hydroxyl groups is 1. The van der Waals surface area contributed by atoms with Crippen LogP contribution in [0.4, 0.5) is 0 Å². The molecule has 1 rings (SSSR count). The van der Waals surface area contributed by atoms with Crippen molar-refractivity contribution < 1.29 is 9.90 Å². The van der Waals surface area contributed by atoms with E-state index in [1.54, 1.807) is 6.42 Å². The van der Waals surface area contributed by atoms with Crippen molar-refractivity contribution in [1.82, 2.24) is 0 Å². The Kier molecular flexibility index (Phi) is 1.68. The smallest absolute Gasteiger partial charge is 0.249 e. The molecule has 1 atom stereocenters. The molecule has 0 bridgehead atoms. The Labute approximate surface area is 60.2 Å². The molecule has 10 heavy (non-hydrogen) atoms. The molecule has 0 heterocycles. The molecule has 0 aromatic heterocycles. The standard InChI is InChI=1S/C7H12NO2/c1-7(10,6(8)9)4-5-2-3-5/h4-5,10H,2-3H2,1H3,(H2,8,9)/t7-/m1/s1. The fourth-order valence-electron chi connectivity index (χ4n) is 0.804. The minimum atomic E-state index is -1.40. The molecule has 57 valence electrons. The van der Waals surface area contributed by atoms with Gasteiger partial charge in [-0.1, -0.05) is 0 Å². The molecule has 3 nitrogen and oxygen atoms in total. The molecular formula is C7H12NO2. The molecule has 0 saturated heterocycles. The molecule has 0 aromatic carbocycles. The monoisotopic (exact) mass is 142 g/mol. The summed E-state index contributed by atoms with van der Waals surface area (Å²) in [4.78, 5) is 10.5. The van der Waals surface area contributed by atoms with Gasteiger partial charge in [-0.05, 0) is 25.7 Å². The lowest BCUT2D eigenvalue weighted by atomic mass is 9.99. The van der Waals surface area contributed by atoms with E-state index in [0.717, 1.165) is 12.8 Å². The zero-order valence-corrected chi connectivity index (χ0v) is 6.00. The van der Waals surface area contributed by atoms with Crippen LogP contribution in [0.15, 0.2) is 0 Å². The quantitative estimate of drug-likeness (QED) is 0.575. The molecule has 1 saturated carbocycles. The van der Waals surface area contributed by atoms with E-state index in [4.69, 9.17) is 5.73 Å². The SMILES string of the molecule is C[C@@](O)([CH]C1CC1)C(N)=O. The average Bonchev–Trinajstić information content (AvgIpc) is 2.48. The van der Waals surface area contributed by atoms with Gasteiger partial charge in [0.1, 0.15) is 5.60 Å². The lowest BCUT2D eigenvalue weighted by Gasteiger charge is -2.17. The summed E-state index contributed by atoms with van der Waals surface area (Å²) >= 11 is 0. The largest absolute Gasteiger partial charge is 0.380 e. The lowest BCUT2D eigenvalue weighted by Crippen LogP contribution is -2.41. The minimum absolute atomic E-state index is 0.405. The summed E-state index contributed by atoms with van der Waals surface area (Å²) in [5.74, 6) is -0.262. The molecule has 1 aliphatic carbocycles. The van der Waals surface area contributed by atoms with E-state index in [1.165, 1.54) is 6.92 Å². The third-order valence-corrected chi connectivity index (χ3v) is 1.68. The van der Waals surface area contributed by atoms with Gasteiger partial charge in [-0.2, -0.15) is 0 Å². The van der Waals surface area contributed by atoms with Crippen molar-refractivity contribution in [2.45, 2.75) is 25.4 Å². The fraction of sp³-hybridized carbons (Fsp3) is 0.714. The highest BCUT2D eigenvalue weighted by Crippen LogP contribution is 2.35. The predicted molar refractivity (Wildman–Crippen MR) is 36.8 cm³/mol. The topological polar surface area (TPSA) is 63.3 Å². The predicted octanol–water partition coefficient (Wildman–Crippen LogP) is -0.163. The van der Waals surface area contributed by atoms with Crippen LogP contribution in [-0.4, -0.2) is 16.6 Å². The second-order valence-corrected chi connectivity index (χ2v) is 3.02. The van der Waals surface area contributed by atoms with Gasteiger partial charge in [0, 0.05) is 6.42 Å². The van der Waals surface area contributed by atoms with E-state index in [0.29, 0.717) is 5.92 Å². The van der Waals surface area contributed by atoms with Crippen molar-refractivity contribution >= 4 is 5.91 Å². The molecular weight excluding hydrogens is 130 g/mol. The summed E-state index contributed by atoms with van der Waals surface area (Å²) in [7, 11) is 0. The van der Waals surface area contributed by atoms with Gasteiger partial charge in [0.15, 0.2) is 0 Å². The number of rotatable bonds is 3. The third-order valence-electron chi connectivity index (χ3n) is 1.68. The van der Waals surface area contributed by atoms with Crippen LogP contribution in [0.2, 0.25) is 0 Å². The molecule has 1 fully saturated rings. The molecule has 3 heteroatoms. The number of carbonyl (C=O) groups excluding carboxylic acids is 1. The summed E-state index contributed by atoms with van der Waals surface area (Å²) in [6, 6.07) is 0. The molecule has 0 aromatic rings. The summed E-state index contributed by atoms with van der Waals surface area (Å²) < 4.78 is 0. The zero-order chi connectivity index (χ0) is 7.78. The first-order valence-electron chi connectivity index (χ1n) is 3.40. The average molecular weight is 142 g/mol. The summed E-state index contributed by atoms with van der Waals surface area (Å²) in [6.07, 6.45) is 3.77. The van der Waals surface area contributed by atoms with Gasteiger partial charge in [-0.15, -0.1) is 0 Å². The van der Waals surface area contributed by atoms with Crippen molar-refractivity contribution in [3.63, 3.8) is 0 Å². The first-order chi connectivity index (χ1) is 4.52. The number of hydrogen-bond donors (Lipinski definition) is 2. The highest BCUT2D eigenvalue weighted by molar-refractivity contribution is 5.84. The molecule has 1 aliphatic rings. The van der Waals surface area contributed by atoms with E-state index >= 15 is 0 Å². The maximum atomic E-state index is 10.5. The zero-order valence-electron chi connectivity index (χ0n) is 6.00. The second kappa shape index (κ2) is 2.23. The van der Waals surface area contributed by atoms with Gasteiger partial charge >= 0.3 is 0 Å². The van der Waals surface area contributed by atoms with Gasteiger partial charge in [0.05, 0.1) is 0 Å². The van der Waals surface area contributed by atoms with Crippen LogP contribution in [0, 0.1) is 12.3 Å². The molecule has 1 radical (unpaired) electrons. The van der Waals surface area contributed by atoms with Crippen molar-refractivity contribution in [2.24, 2.45) is 11.7 Å². The first kappa shape index (κ1) is 7.54. The van der Waals surface area contributed by atoms with Crippen molar-refractivity contribution in [3.8, 4) is 0 Å². The summed E-state index contributed by atoms with van der Waals surface area (Å²) in [5.41, 5.74) is 3.52.